The quantitative estimate of drug-likeness (QED) is 0.845. The minimum Gasteiger partial charge on any atom is -0.497 e. The first-order chi connectivity index (χ1) is 10.1. The molecule has 7 heteroatoms. The number of anilines is 1. The fourth-order valence-corrected chi connectivity index (χ4v) is 1.90. The Kier molecular flexibility index (Phi) is 5.32. The van der Waals surface area contributed by atoms with E-state index in [9.17, 15) is 8.78 Å². The topological polar surface area (TPSA) is 43.4 Å². The molecular weight excluding hydrogens is 346 g/mol. The van der Waals surface area contributed by atoms with Crippen molar-refractivity contribution in [3.8, 4) is 11.5 Å². The van der Waals surface area contributed by atoms with Gasteiger partial charge in [0.15, 0.2) is 0 Å². The van der Waals surface area contributed by atoms with Crippen LogP contribution in [0.25, 0.3) is 0 Å². The molecule has 0 saturated carbocycles. The van der Waals surface area contributed by atoms with Crippen molar-refractivity contribution in [3.05, 3.63) is 46.7 Å². The Hall–Kier alpha value is -1.89. The van der Waals surface area contributed by atoms with E-state index in [4.69, 9.17) is 4.74 Å². The number of methoxy groups -OCH3 is 1. The van der Waals surface area contributed by atoms with Crippen molar-refractivity contribution >= 4 is 21.6 Å². The standard InChI is InChI=1S/C14H13BrF2N2O2/c1-20-11-4-5-13(21-14(16)17)12(6-11)19-8-10-3-2-9(15)7-18-10/h2-7,14,19H,8H2,1H3. The van der Waals surface area contributed by atoms with Crippen molar-refractivity contribution in [1.82, 2.24) is 4.98 Å². The van der Waals surface area contributed by atoms with Gasteiger partial charge in [-0.05, 0) is 40.2 Å². The van der Waals surface area contributed by atoms with Crippen LogP contribution in [-0.4, -0.2) is 18.7 Å². The van der Waals surface area contributed by atoms with E-state index in [0.29, 0.717) is 18.0 Å². The van der Waals surface area contributed by atoms with Crippen LogP contribution in [0.3, 0.4) is 0 Å². The zero-order valence-corrected chi connectivity index (χ0v) is 12.7. The Bertz CT molecular complexity index is 594. The second-order valence-corrected chi connectivity index (χ2v) is 4.98. The monoisotopic (exact) mass is 358 g/mol. The smallest absolute Gasteiger partial charge is 0.387 e. The van der Waals surface area contributed by atoms with Crippen LogP contribution in [0.5, 0.6) is 11.5 Å². The van der Waals surface area contributed by atoms with Gasteiger partial charge in [0.2, 0.25) is 0 Å². The third-order valence-corrected chi connectivity index (χ3v) is 3.12. The molecular formula is C14H13BrF2N2O2. The largest absolute Gasteiger partial charge is 0.497 e. The number of benzene rings is 1. The molecule has 0 radical (unpaired) electrons. The first-order valence-electron chi connectivity index (χ1n) is 6.05. The number of nitrogens with one attached hydrogen (secondary N) is 1. The van der Waals surface area contributed by atoms with Crippen LogP contribution >= 0.6 is 15.9 Å². The first kappa shape index (κ1) is 15.5. The molecule has 1 heterocycles. The van der Waals surface area contributed by atoms with Crippen molar-refractivity contribution in [2.24, 2.45) is 0 Å². The first-order valence-corrected chi connectivity index (χ1v) is 6.85. The lowest BCUT2D eigenvalue weighted by molar-refractivity contribution is -0.0494. The van der Waals surface area contributed by atoms with Gasteiger partial charge in [0.25, 0.3) is 0 Å². The van der Waals surface area contributed by atoms with Gasteiger partial charge in [-0.1, -0.05) is 0 Å². The second kappa shape index (κ2) is 7.21. The van der Waals surface area contributed by atoms with E-state index in [1.807, 2.05) is 12.1 Å². The van der Waals surface area contributed by atoms with Crippen LogP contribution in [0.2, 0.25) is 0 Å². The molecule has 1 N–H and O–H groups in total. The maximum absolute atomic E-state index is 12.4. The molecule has 0 atom stereocenters. The summed E-state index contributed by atoms with van der Waals surface area (Å²) in [5, 5.41) is 3.01. The highest BCUT2D eigenvalue weighted by Gasteiger charge is 2.11. The molecule has 0 aliphatic carbocycles. The van der Waals surface area contributed by atoms with Gasteiger partial charge in [-0.3, -0.25) is 4.98 Å². The van der Waals surface area contributed by atoms with Gasteiger partial charge in [0.1, 0.15) is 11.5 Å². The summed E-state index contributed by atoms with van der Waals surface area (Å²) < 4.78 is 35.2. The van der Waals surface area contributed by atoms with Gasteiger partial charge in [0.05, 0.1) is 25.0 Å². The SMILES string of the molecule is COc1ccc(OC(F)F)c(NCc2ccc(Br)cn2)c1. The van der Waals surface area contributed by atoms with Gasteiger partial charge < -0.3 is 14.8 Å². The third-order valence-electron chi connectivity index (χ3n) is 2.65. The Morgan fingerprint density at radius 2 is 2.10 bits per heavy atom. The molecule has 21 heavy (non-hydrogen) atoms. The molecule has 2 rings (SSSR count). The summed E-state index contributed by atoms with van der Waals surface area (Å²) in [4.78, 5) is 4.20. The third kappa shape index (κ3) is 4.56. The van der Waals surface area contributed by atoms with Crippen molar-refractivity contribution in [2.45, 2.75) is 13.2 Å². The maximum atomic E-state index is 12.4. The molecule has 112 valence electrons. The number of nitrogens with zero attached hydrogens (tertiary/aromatic N) is 1. The summed E-state index contributed by atoms with van der Waals surface area (Å²) in [5.74, 6) is 0.603. The second-order valence-electron chi connectivity index (χ2n) is 4.06. The van der Waals surface area contributed by atoms with E-state index in [1.54, 1.807) is 18.3 Å². The number of ether oxygens (including phenoxy) is 2. The van der Waals surface area contributed by atoms with Crippen LogP contribution < -0.4 is 14.8 Å². The molecule has 0 unspecified atom stereocenters. The van der Waals surface area contributed by atoms with Crippen molar-refractivity contribution in [1.29, 1.82) is 0 Å². The normalized spacial score (nSPS) is 10.5. The summed E-state index contributed by atoms with van der Waals surface area (Å²) >= 11 is 3.30. The summed E-state index contributed by atoms with van der Waals surface area (Å²) in [6.45, 7) is -2.51. The lowest BCUT2D eigenvalue weighted by Gasteiger charge is -2.13. The van der Waals surface area contributed by atoms with E-state index in [0.717, 1.165) is 10.2 Å². The average molecular weight is 359 g/mol. The Balaban J connectivity index is 2.14. The molecule has 2 aromatic rings. The average Bonchev–Trinajstić information content (AvgIpc) is 2.47. The summed E-state index contributed by atoms with van der Waals surface area (Å²) in [6.07, 6.45) is 1.67. The molecule has 0 bridgehead atoms. The highest BCUT2D eigenvalue weighted by atomic mass is 79.9. The summed E-state index contributed by atoms with van der Waals surface area (Å²) in [7, 11) is 1.50. The molecule has 0 saturated heterocycles. The van der Waals surface area contributed by atoms with Crippen LogP contribution in [0.1, 0.15) is 5.69 Å². The van der Waals surface area contributed by atoms with Crippen LogP contribution in [-0.2, 0) is 6.54 Å². The Morgan fingerprint density at radius 3 is 2.71 bits per heavy atom. The van der Waals surface area contributed by atoms with Crippen LogP contribution in [0.15, 0.2) is 41.0 Å². The predicted octanol–water partition coefficient (Wildman–Crippen LogP) is 4.07. The Morgan fingerprint density at radius 1 is 1.29 bits per heavy atom. The summed E-state index contributed by atoms with van der Waals surface area (Å²) in [5.41, 5.74) is 1.18. The zero-order chi connectivity index (χ0) is 15.2. The minimum atomic E-state index is -2.88. The fourth-order valence-electron chi connectivity index (χ4n) is 1.67. The number of rotatable bonds is 6. The van der Waals surface area contributed by atoms with E-state index in [-0.39, 0.29) is 5.75 Å². The zero-order valence-electron chi connectivity index (χ0n) is 11.1. The minimum absolute atomic E-state index is 0.0583. The molecule has 0 aliphatic rings. The van der Waals surface area contributed by atoms with Crippen molar-refractivity contribution in [2.75, 3.05) is 12.4 Å². The van der Waals surface area contributed by atoms with Gasteiger partial charge in [-0.15, -0.1) is 0 Å². The van der Waals surface area contributed by atoms with Crippen molar-refractivity contribution < 1.29 is 18.3 Å². The molecule has 1 aromatic heterocycles. The predicted molar refractivity (Wildman–Crippen MR) is 78.9 cm³/mol. The van der Waals surface area contributed by atoms with Crippen LogP contribution in [0, 0.1) is 0 Å². The highest BCUT2D eigenvalue weighted by Crippen LogP contribution is 2.30. The summed E-state index contributed by atoms with van der Waals surface area (Å²) in [6, 6.07) is 8.26. The molecule has 4 nitrogen and oxygen atoms in total. The maximum Gasteiger partial charge on any atom is 0.387 e. The molecule has 0 aliphatic heterocycles. The molecule has 0 fully saturated rings. The van der Waals surface area contributed by atoms with Crippen LogP contribution in [0.4, 0.5) is 14.5 Å². The lowest BCUT2D eigenvalue weighted by atomic mass is 10.2. The number of alkyl halides is 2. The van der Waals surface area contributed by atoms with Gasteiger partial charge in [-0.2, -0.15) is 8.78 Å². The van der Waals surface area contributed by atoms with Gasteiger partial charge in [0, 0.05) is 16.7 Å². The fraction of sp³-hybridized carbons (Fsp3) is 0.214. The Labute approximate surface area is 129 Å². The van der Waals surface area contributed by atoms with E-state index >= 15 is 0 Å². The molecule has 0 spiro atoms. The lowest BCUT2D eigenvalue weighted by Crippen LogP contribution is -2.07. The number of aromatic nitrogens is 1. The number of pyridine rings is 1. The van der Waals surface area contributed by atoms with E-state index < -0.39 is 6.61 Å². The number of hydrogen-bond donors (Lipinski definition) is 1. The highest BCUT2D eigenvalue weighted by molar-refractivity contribution is 9.10. The molecule has 0 amide bonds. The van der Waals surface area contributed by atoms with Crippen molar-refractivity contribution in [3.63, 3.8) is 0 Å². The number of hydrogen-bond acceptors (Lipinski definition) is 4. The van der Waals surface area contributed by atoms with E-state index in [2.05, 4.69) is 31.0 Å². The number of halogens is 3. The van der Waals surface area contributed by atoms with E-state index in [1.165, 1.54) is 13.2 Å². The van der Waals surface area contributed by atoms with Gasteiger partial charge >= 0.3 is 6.61 Å². The van der Waals surface area contributed by atoms with Gasteiger partial charge in [-0.25, -0.2) is 0 Å². The molecule has 1 aromatic carbocycles.